The average Bonchev–Trinajstić information content (AvgIpc) is 3.16. The Labute approximate surface area is 156 Å². The number of aromatic nitrogens is 4. The number of aliphatic hydroxyl groups is 2. The Morgan fingerprint density at radius 1 is 1.43 bits per heavy atom. The Balaban J connectivity index is 2.03. The Morgan fingerprint density at radius 3 is 2.86 bits per heavy atom. The molecule has 2 aromatic rings. The number of nitrogens with two attached hydrogens (primary N) is 1. The summed E-state index contributed by atoms with van der Waals surface area (Å²) in [6, 6.07) is 0. The molecule has 0 aliphatic carbocycles. The topological polar surface area (TPSA) is 235 Å². The Morgan fingerprint density at radius 2 is 2.18 bits per heavy atom. The number of phosphoric acid groups is 1. The van der Waals surface area contributed by atoms with Crippen molar-refractivity contribution < 1.29 is 33.8 Å². The highest BCUT2D eigenvalue weighted by molar-refractivity contribution is 7.46. The van der Waals surface area contributed by atoms with Gasteiger partial charge in [-0.05, 0) is 5.53 Å². The van der Waals surface area contributed by atoms with E-state index in [1.165, 1.54) is 17.2 Å². The first-order valence-electron chi connectivity index (χ1n) is 7.88. The van der Waals surface area contributed by atoms with E-state index in [2.05, 4.69) is 29.5 Å². The van der Waals surface area contributed by atoms with Gasteiger partial charge in [0.25, 0.3) is 0 Å². The summed E-state index contributed by atoms with van der Waals surface area (Å²) in [7, 11) is -4.83. The first kappa shape index (κ1) is 20.4. The molecule has 28 heavy (non-hydrogen) atoms. The van der Waals surface area contributed by atoms with Crippen LogP contribution in [0.4, 0.5) is 5.82 Å². The normalized spacial score (nSPS) is 27.8. The molecule has 0 bridgehead atoms. The molecule has 3 rings (SSSR count). The van der Waals surface area contributed by atoms with Crippen molar-refractivity contribution in [1.82, 2.24) is 19.5 Å². The maximum atomic E-state index is 11.0. The molecule has 0 amide bonds. The van der Waals surface area contributed by atoms with Crippen LogP contribution in [0.25, 0.3) is 21.6 Å². The second-order valence-electron chi connectivity index (χ2n) is 5.97. The highest BCUT2D eigenvalue weighted by Gasteiger charge is 2.56. The van der Waals surface area contributed by atoms with Gasteiger partial charge in [-0.2, -0.15) is 0 Å². The number of fused-ring (bicyclic) bond motifs is 1. The lowest BCUT2D eigenvalue weighted by Gasteiger charge is -2.33. The molecule has 1 aliphatic rings. The van der Waals surface area contributed by atoms with Gasteiger partial charge in [-0.25, -0.2) is 19.5 Å². The van der Waals surface area contributed by atoms with Gasteiger partial charge in [0, 0.05) is 17.9 Å². The minimum atomic E-state index is -4.83. The van der Waals surface area contributed by atoms with Crippen LogP contribution in [0.15, 0.2) is 17.8 Å². The maximum Gasteiger partial charge on any atom is 0.469 e. The summed E-state index contributed by atoms with van der Waals surface area (Å²) < 4.78 is 22.4. The molecule has 1 aliphatic heterocycles. The van der Waals surface area contributed by atoms with E-state index < -0.39 is 38.5 Å². The van der Waals surface area contributed by atoms with Crippen molar-refractivity contribution in [2.75, 3.05) is 18.9 Å². The van der Waals surface area contributed by atoms with Gasteiger partial charge in [-0.3, -0.25) is 9.09 Å². The third-order valence-corrected chi connectivity index (χ3v) is 4.82. The van der Waals surface area contributed by atoms with Gasteiger partial charge in [0.1, 0.15) is 30.2 Å². The van der Waals surface area contributed by atoms with Gasteiger partial charge >= 0.3 is 7.82 Å². The number of nitrogen functional groups attached to an aromatic ring is 1. The molecule has 1 fully saturated rings. The zero-order chi connectivity index (χ0) is 20.5. The molecule has 3 heterocycles. The summed E-state index contributed by atoms with van der Waals surface area (Å²) in [6.45, 7) is -0.831. The third-order valence-electron chi connectivity index (χ3n) is 4.33. The lowest BCUT2D eigenvalue weighted by molar-refractivity contribution is -0.148. The second kappa shape index (κ2) is 7.58. The Kier molecular flexibility index (Phi) is 5.52. The quantitative estimate of drug-likeness (QED) is 0.159. The van der Waals surface area contributed by atoms with Crippen molar-refractivity contribution in [3.8, 4) is 0 Å². The number of imidazole rings is 1. The molecule has 4 atom stereocenters. The predicted molar refractivity (Wildman–Crippen MR) is 91.2 cm³/mol. The van der Waals surface area contributed by atoms with Crippen LogP contribution in [0.2, 0.25) is 0 Å². The average molecular weight is 416 g/mol. The van der Waals surface area contributed by atoms with E-state index in [4.69, 9.17) is 25.8 Å². The molecule has 1 saturated heterocycles. The smallest absolute Gasteiger partial charge is 0.387 e. The van der Waals surface area contributed by atoms with Crippen molar-refractivity contribution in [3.63, 3.8) is 0 Å². The third kappa shape index (κ3) is 3.65. The van der Waals surface area contributed by atoms with E-state index in [-0.39, 0.29) is 29.9 Å². The van der Waals surface area contributed by atoms with Crippen LogP contribution in [-0.2, 0) is 19.6 Å². The fourth-order valence-electron chi connectivity index (χ4n) is 3.09. The number of nitrogens with zero attached hydrogens (tertiary/aromatic N) is 7. The minimum absolute atomic E-state index is 0.0726. The van der Waals surface area contributed by atoms with Gasteiger partial charge in [0.2, 0.25) is 0 Å². The number of azide groups is 1. The molecular formula is C12H17N8O7P. The molecule has 0 spiro atoms. The van der Waals surface area contributed by atoms with Crippen LogP contribution >= 0.6 is 7.82 Å². The van der Waals surface area contributed by atoms with Gasteiger partial charge in [-0.15, -0.1) is 0 Å². The molecule has 0 radical (unpaired) electrons. The van der Waals surface area contributed by atoms with E-state index in [1.807, 2.05) is 0 Å². The summed E-state index contributed by atoms with van der Waals surface area (Å²) in [6.07, 6.45) is -2.16. The van der Waals surface area contributed by atoms with E-state index in [0.717, 1.165) is 0 Å². The van der Waals surface area contributed by atoms with Crippen molar-refractivity contribution in [2.45, 2.75) is 30.5 Å². The summed E-state index contributed by atoms with van der Waals surface area (Å²) in [5.41, 5.74) is 13.0. The van der Waals surface area contributed by atoms with E-state index >= 15 is 0 Å². The second-order valence-corrected chi connectivity index (χ2v) is 7.21. The molecular weight excluding hydrogens is 399 g/mol. The monoisotopic (exact) mass is 416 g/mol. The molecule has 0 saturated carbocycles. The standard InChI is InChI=1S/C12H17N8O7P/c13-10-7-11(16-4-15-10)20(5-17-7)12(1-2-18-19-14)9(22)8(21)6(27-12)3-26-28(23,24)25/h4-6,8-9,21-22H,1-3H2,(H2,13,15,16)(H2,23,24,25)/t6-,8-,9-,12-/m1/s1. The Hall–Kier alpha value is -2.35. The summed E-state index contributed by atoms with van der Waals surface area (Å²) in [4.78, 5) is 32.4. The van der Waals surface area contributed by atoms with Gasteiger partial charge in [0.05, 0.1) is 12.9 Å². The van der Waals surface area contributed by atoms with Crippen molar-refractivity contribution in [1.29, 1.82) is 0 Å². The number of anilines is 1. The first-order valence-corrected chi connectivity index (χ1v) is 9.41. The first-order chi connectivity index (χ1) is 13.2. The van der Waals surface area contributed by atoms with Crippen molar-refractivity contribution >= 4 is 24.8 Å². The number of phosphoric ester groups is 1. The maximum absolute atomic E-state index is 11.0. The number of rotatable bonds is 7. The number of hydrogen-bond acceptors (Lipinski definition) is 10. The Bertz CT molecular complexity index is 959. The highest BCUT2D eigenvalue weighted by Crippen LogP contribution is 2.43. The molecule has 0 aromatic carbocycles. The predicted octanol–water partition coefficient (Wildman–Crippen LogP) is -1.01. The van der Waals surface area contributed by atoms with Crippen molar-refractivity contribution in [3.05, 3.63) is 23.1 Å². The van der Waals surface area contributed by atoms with E-state index in [0.29, 0.717) is 0 Å². The summed E-state index contributed by atoms with van der Waals surface area (Å²) >= 11 is 0. The van der Waals surface area contributed by atoms with E-state index in [1.54, 1.807) is 0 Å². The minimum Gasteiger partial charge on any atom is -0.387 e. The number of aliphatic hydroxyl groups excluding tert-OH is 2. The van der Waals surface area contributed by atoms with Crippen LogP contribution in [0.3, 0.4) is 0 Å². The fourth-order valence-corrected chi connectivity index (χ4v) is 3.43. The largest absolute Gasteiger partial charge is 0.469 e. The van der Waals surface area contributed by atoms with Crippen LogP contribution in [-0.4, -0.2) is 71.0 Å². The highest BCUT2D eigenvalue weighted by atomic mass is 31.2. The lowest BCUT2D eigenvalue weighted by Crippen LogP contribution is -2.46. The van der Waals surface area contributed by atoms with Crippen LogP contribution in [0, 0.1) is 0 Å². The molecule has 152 valence electrons. The fraction of sp³-hybridized carbons (Fsp3) is 0.583. The SMILES string of the molecule is [N-]=[N+]=NCC[C@@]1(n2cnc3c(N)ncnc32)O[C@H](COP(=O)(O)O)[C@@H](O)[C@H]1O. The lowest BCUT2D eigenvalue weighted by atomic mass is 9.99. The van der Waals surface area contributed by atoms with E-state index in [9.17, 15) is 14.8 Å². The van der Waals surface area contributed by atoms with Crippen LogP contribution < -0.4 is 5.73 Å². The zero-order valence-electron chi connectivity index (χ0n) is 14.2. The zero-order valence-corrected chi connectivity index (χ0v) is 15.1. The van der Waals surface area contributed by atoms with Crippen molar-refractivity contribution in [2.24, 2.45) is 5.11 Å². The molecule has 16 heteroatoms. The number of hydrogen-bond donors (Lipinski definition) is 5. The van der Waals surface area contributed by atoms with Gasteiger partial charge in [0.15, 0.2) is 17.2 Å². The molecule has 2 aromatic heterocycles. The summed E-state index contributed by atoms with van der Waals surface area (Å²) in [5.74, 6) is 0.0726. The van der Waals surface area contributed by atoms with Gasteiger partial charge in [-0.1, -0.05) is 5.11 Å². The molecule has 6 N–H and O–H groups in total. The van der Waals surface area contributed by atoms with Gasteiger partial charge < -0.3 is 30.5 Å². The summed E-state index contributed by atoms with van der Waals surface area (Å²) in [5, 5.41) is 24.5. The molecule has 0 unspecified atom stereocenters. The number of ether oxygens (including phenoxy) is 1. The molecule has 15 nitrogen and oxygen atoms in total. The van der Waals surface area contributed by atoms with Crippen LogP contribution in [0.5, 0.6) is 0 Å². The van der Waals surface area contributed by atoms with Crippen LogP contribution in [0.1, 0.15) is 6.42 Å².